The summed E-state index contributed by atoms with van der Waals surface area (Å²) in [5, 5.41) is 4.07. The van der Waals surface area contributed by atoms with Crippen molar-refractivity contribution in [2.24, 2.45) is 4.99 Å². The summed E-state index contributed by atoms with van der Waals surface area (Å²) in [6.45, 7) is 6.78. The molecule has 1 saturated heterocycles. The Hall–Kier alpha value is -1.47. The second kappa shape index (κ2) is 9.29. The van der Waals surface area contributed by atoms with Crippen LogP contribution in [0, 0.1) is 0 Å². The molecular weight excluding hydrogens is 360 g/mol. The van der Waals surface area contributed by atoms with Crippen molar-refractivity contribution in [3.05, 3.63) is 29.3 Å². The lowest BCUT2D eigenvalue weighted by atomic mass is 10.2. The third-order valence-electron chi connectivity index (χ3n) is 4.04. The fraction of sp³-hybridized carbons (Fsp3) is 0.588. The molecule has 1 aliphatic rings. The zero-order chi connectivity index (χ0) is 18.3. The van der Waals surface area contributed by atoms with E-state index in [4.69, 9.17) is 11.6 Å². The van der Waals surface area contributed by atoms with E-state index in [1.54, 1.807) is 0 Å². The molecule has 140 valence electrons. The highest BCUT2D eigenvalue weighted by molar-refractivity contribution is 7.90. The molecule has 0 aromatic heterocycles. The van der Waals surface area contributed by atoms with Crippen LogP contribution in [0.25, 0.3) is 0 Å². The van der Waals surface area contributed by atoms with Crippen LogP contribution in [0.15, 0.2) is 29.3 Å². The molecule has 0 radical (unpaired) electrons. The molecule has 0 spiro atoms. The SMILES string of the molecule is CCNC(=NCCCS(C)(=O)=O)N1CCN(c2ccccc2Cl)CC1. The third-order valence-corrected chi connectivity index (χ3v) is 5.39. The van der Waals surface area contributed by atoms with E-state index < -0.39 is 9.84 Å². The molecule has 1 fully saturated rings. The normalized spacial score (nSPS) is 16.2. The van der Waals surface area contributed by atoms with Crippen LogP contribution >= 0.6 is 11.6 Å². The lowest BCUT2D eigenvalue weighted by Crippen LogP contribution is -2.52. The van der Waals surface area contributed by atoms with Gasteiger partial charge in [-0.25, -0.2) is 8.42 Å². The number of sulfone groups is 1. The van der Waals surface area contributed by atoms with E-state index in [1.807, 2.05) is 31.2 Å². The van der Waals surface area contributed by atoms with Gasteiger partial charge in [-0.2, -0.15) is 0 Å². The molecule has 0 bridgehead atoms. The number of benzene rings is 1. The summed E-state index contributed by atoms with van der Waals surface area (Å²) in [5.41, 5.74) is 1.07. The van der Waals surface area contributed by atoms with Crippen molar-refractivity contribution >= 4 is 33.1 Å². The van der Waals surface area contributed by atoms with Crippen molar-refractivity contribution in [3.63, 3.8) is 0 Å². The molecule has 1 N–H and O–H groups in total. The summed E-state index contributed by atoms with van der Waals surface area (Å²) in [5.74, 6) is 1.03. The molecule has 1 aliphatic heterocycles. The van der Waals surface area contributed by atoms with E-state index >= 15 is 0 Å². The zero-order valence-electron chi connectivity index (χ0n) is 14.9. The van der Waals surface area contributed by atoms with E-state index in [0.29, 0.717) is 13.0 Å². The zero-order valence-corrected chi connectivity index (χ0v) is 16.5. The lowest BCUT2D eigenvalue weighted by Gasteiger charge is -2.38. The van der Waals surface area contributed by atoms with Gasteiger partial charge >= 0.3 is 0 Å². The van der Waals surface area contributed by atoms with Gasteiger partial charge in [0.2, 0.25) is 0 Å². The van der Waals surface area contributed by atoms with Gasteiger partial charge in [0.15, 0.2) is 5.96 Å². The molecule has 25 heavy (non-hydrogen) atoms. The van der Waals surface area contributed by atoms with Gasteiger partial charge in [-0.05, 0) is 25.5 Å². The van der Waals surface area contributed by atoms with Gasteiger partial charge in [-0.15, -0.1) is 0 Å². The summed E-state index contributed by atoms with van der Waals surface area (Å²) < 4.78 is 22.4. The number of aliphatic imine (C=N–C) groups is 1. The quantitative estimate of drug-likeness (QED) is 0.459. The number of rotatable bonds is 6. The van der Waals surface area contributed by atoms with Crippen LogP contribution in [-0.4, -0.2) is 70.6 Å². The van der Waals surface area contributed by atoms with Crippen LogP contribution in [-0.2, 0) is 9.84 Å². The molecule has 1 heterocycles. The maximum Gasteiger partial charge on any atom is 0.194 e. The van der Waals surface area contributed by atoms with E-state index in [1.165, 1.54) is 6.26 Å². The molecule has 0 saturated carbocycles. The number of para-hydroxylation sites is 1. The molecule has 0 unspecified atom stereocenters. The van der Waals surface area contributed by atoms with Crippen molar-refractivity contribution in [2.75, 3.05) is 56.2 Å². The first-order chi connectivity index (χ1) is 11.9. The molecule has 8 heteroatoms. The highest BCUT2D eigenvalue weighted by atomic mass is 35.5. The standard InChI is InChI=1S/C17H27ClN4O2S/c1-3-19-17(20-9-6-14-25(2,23)24)22-12-10-21(11-13-22)16-8-5-4-7-15(16)18/h4-5,7-8H,3,6,9-14H2,1-2H3,(H,19,20). The number of nitrogens with zero attached hydrogens (tertiary/aromatic N) is 3. The molecule has 6 nitrogen and oxygen atoms in total. The first-order valence-electron chi connectivity index (χ1n) is 8.61. The molecule has 1 aromatic carbocycles. The number of hydrogen-bond donors (Lipinski definition) is 1. The minimum atomic E-state index is -2.92. The Balaban J connectivity index is 1.92. The van der Waals surface area contributed by atoms with Crippen LogP contribution < -0.4 is 10.2 Å². The molecule has 0 amide bonds. The number of piperazine rings is 1. The maximum atomic E-state index is 11.2. The number of guanidine groups is 1. The van der Waals surface area contributed by atoms with Crippen LogP contribution in [0.3, 0.4) is 0 Å². The highest BCUT2D eigenvalue weighted by Gasteiger charge is 2.20. The molecular formula is C17H27ClN4O2S. The molecule has 0 atom stereocenters. The Kier molecular flexibility index (Phi) is 7.38. The minimum Gasteiger partial charge on any atom is -0.367 e. The van der Waals surface area contributed by atoms with Gasteiger partial charge in [0, 0.05) is 45.5 Å². The van der Waals surface area contributed by atoms with Gasteiger partial charge in [0.1, 0.15) is 9.84 Å². The summed E-state index contributed by atoms with van der Waals surface area (Å²) in [6.07, 6.45) is 1.81. The van der Waals surface area contributed by atoms with E-state index in [2.05, 4.69) is 20.1 Å². The second-order valence-electron chi connectivity index (χ2n) is 6.14. The summed E-state index contributed by atoms with van der Waals surface area (Å²) in [4.78, 5) is 9.08. The first-order valence-corrected chi connectivity index (χ1v) is 11.0. The lowest BCUT2D eigenvalue weighted by molar-refractivity contribution is 0.372. The maximum absolute atomic E-state index is 11.2. The topological polar surface area (TPSA) is 65.0 Å². The van der Waals surface area contributed by atoms with Gasteiger partial charge in [0.05, 0.1) is 16.5 Å². The average molecular weight is 387 g/mol. The van der Waals surface area contributed by atoms with E-state index in [-0.39, 0.29) is 5.75 Å². The van der Waals surface area contributed by atoms with Crippen molar-refractivity contribution < 1.29 is 8.42 Å². The van der Waals surface area contributed by atoms with E-state index in [9.17, 15) is 8.42 Å². The van der Waals surface area contributed by atoms with Crippen molar-refractivity contribution in [1.82, 2.24) is 10.2 Å². The Morgan fingerprint density at radius 3 is 2.52 bits per heavy atom. The Morgan fingerprint density at radius 2 is 1.92 bits per heavy atom. The summed E-state index contributed by atoms with van der Waals surface area (Å²) in [7, 11) is -2.92. The molecule has 1 aromatic rings. The summed E-state index contributed by atoms with van der Waals surface area (Å²) in [6, 6.07) is 7.90. The smallest absolute Gasteiger partial charge is 0.194 e. The van der Waals surface area contributed by atoms with Crippen LogP contribution in [0.5, 0.6) is 0 Å². The van der Waals surface area contributed by atoms with Crippen molar-refractivity contribution in [2.45, 2.75) is 13.3 Å². The highest BCUT2D eigenvalue weighted by Crippen LogP contribution is 2.25. The largest absolute Gasteiger partial charge is 0.367 e. The first kappa shape index (κ1) is 19.8. The van der Waals surface area contributed by atoms with Crippen LogP contribution in [0.1, 0.15) is 13.3 Å². The van der Waals surface area contributed by atoms with E-state index in [0.717, 1.165) is 49.4 Å². The van der Waals surface area contributed by atoms with Gasteiger partial charge < -0.3 is 15.1 Å². The number of hydrogen-bond acceptors (Lipinski definition) is 4. The molecule has 2 rings (SSSR count). The monoisotopic (exact) mass is 386 g/mol. The average Bonchev–Trinajstić information content (AvgIpc) is 2.57. The third kappa shape index (κ3) is 6.40. The van der Waals surface area contributed by atoms with Crippen molar-refractivity contribution in [1.29, 1.82) is 0 Å². The fourth-order valence-electron chi connectivity index (χ4n) is 2.80. The van der Waals surface area contributed by atoms with Crippen LogP contribution in [0.2, 0.25) is 5.02 Å². The Labute approximate surface area is 155 Å². The fourth-order valence-corrected chi connectivity index (χ4v) is 3.71. The minimum absolute atomic E-state index is 0.177. The van der Waals surface area contributed by atoms with Gasteiger partial charge in [-0.1, -0.05) is 23.7 Å². The van der Waals surface area contributed by atoms with Crippen molar-refractivity contribution in [3.8, 4) is 0 Å². The number of nitrogens with one attached hydrogen (secondary N) is 1. The second-order valence-corrected chi connectivity index (χ2v) is 8.81. The number of anilines is 1. The molecule has 0 aliphatic carbocycles. The predicted octanol–water partition coefficient (Wildman–Crippen LogP) is 1.86. The Bertz CT molecular complexity index is 686. The summed E-state index contributed by atoms with van der Waals surface area (Å²) >= 11 is 6.29. The Morgan fingerprint density at radius 1 is 1.24 bits per heavy atom. The van der Waals surface area contributed by atoms with Gasteiger partial charge in [-0.3, -0.25) is 4.99 Å². The number of halogens is 1. The van der Waals surface area contributed by atoms with Gasteiger partial charge in [0.25, 0.3) is 0 Å². The van der Waals surface area contributed by atoms with Crippen LogP contribution in [0.4, 0.5) is 5.69 Å². The predicted molar refractivity (Wildman–Crippen MR) is 106 cm³/mol.